The van der Waals surface area contributed by atoms with Crippen molar-refractivity contribution in [2.45, 2.75) is 4.90 Å². The second kappa shape index (κ2) is 4.57. The van der Waals surface area contributed by atoms with Crippen LogP contribution >= 0.6 is 28.0 Å². The lowest BCUT2D eigenvalue weighted by Gasteiger charge is -2.03. The Morgan fingerprint density at radius 1 is 1.40 bits per heavy atom. The van der Waals surface area contributed by atoms with Crippen molar-refractivity contribution in [2.75, 3.05) is 7.11 Å². The molecule has 0 saturated heterocycles. The molecule has 0 saturated carbocycles. The predicted octanol–water partition coefficient (Wildman–Crippen LogP) is 2.46. The summed E-state index contributed by atoms with van der Waals surface area (Å²) >= 11 is 2.69. The quantitative estimate of drug-likeness (QED) is 0.641. The minimum atomic E-state index is -0.792. The molecular formula is C10H14BrNO2S. The molecule has 0 aliphatic rings. The van der Waals surface area contributed by atoms with Crippen LogP contribution in [0.4, 0.5) is 0 Å². The Kier molecular flexibility index (Phi) is 3.35. The van der Waals surface area contributed by atoms with E-state index in [0.29, 0.717) is 0 Å². The molecule has 3 nitrogen and oxygen atoms in total. The average molecular weight is 292 g/mol. The number of aryl methyl sites for hydroxylation is 1. The van der Waals surface area contributed by atoms with Crippen LogP contribution < -0.4 is 0 Å². The molecule has 84 valence electrons. The molecular weight excluding hydrogens is 278 g/mol. The van der Waals surface area contributed by atoms with Crippen molar-refractivity contribution in [3.63, 3.8) is 0 Å². The summed E-state index contributed by atoms with van der Waals surface area (Å²) in [6, 6.07) is 6.27. The van der Waals surface area contributed by atoms with Crippen LogP contribution in [-0.2, 0) is 16.3 Å². The van der Waals surface area contributed by atoms with Gasteiger partial charge in [-0.25, -0.2) is 9.22 Å². The first-order valence-electron chi connectivity index (χ1n) is 4.61. The maximum Gasteiger partial charge on any atom is 0.0723 e. The number of benzene rings is 1. The first-order chi connectivity index (χ1) is 7.22. The van der Waals surface area contributed by atoms with Crippen molar-refractivity contribution >= 4 is 38.9 Å². The first-order valence-corrected chi connectivity index (χ1v) is 6.69. The lowest BCUT2D eigenvalue weighted by molar-refractivity contribution is -0.160. The Morgan fingerprint density at radius 3 is 2.93 bits per heavy atom. The van der Waals surface area contributed by atoms with Gasteiger partial charge in [0.25, 0.3) is 0 Å². The van der Waals surface area contributed by atoms with Crippen LogP contribution in [0, 0.1) is 0 Å². The number of nitrogens with zero attached hydrogens (tertiary/aromatic N) is 1. The van der Waals surface area contributed by atoms with Gasteiger partial charge in [0, 0.05) is 33.5 Å². The van der Waals surface area contributed by atoms with Gasteiger partial charge in [-0.05, 0) is 18.2 Å². The molecule has 0 aliphatic carbocycles. The van der Waals surface area contributed by atoms with Gasteiger partial charge in [-0.15, -0.1) is 0 Å². The van der Waals surface area contributed by atoms with Crippen LogP contribution in [0.1, 0.15) is 0 Å². The lowest BCUT2D eigenvalue weighted by Crippen LogP contribution is -1.82. The summed E-state index contributed by atoms with van der Waals surface area (Å²) in [7, 11) is 3.59. The minimum absolute atomic E-state index is 0.792. The van der Waals surface area contributed by atoms with Crippen LogP contribution in [0.15, 0.2) is 33.8 Å². The van der Waals surface area contributed by atoms with Crippen LogP contribution in [0.2, 0.25) is 0 Å². The Bertz CT molecular complexity index is 483. The summed E-state index contributed by atoms with van der Waals surface area (Å²) in [5, 5.41) is 1.25. The molecule has 0 radical (unpaired) electrons. The smallest absolute Gasteiger partial charge is 0.0723 e. The summed E-state index contributed by atoms with van der Waals surface area (Å²) in [4.78, 5) is 5.93. The van der Waals surface area contributed by atoms with E-state index in [2.05, 4.69) is 43.7 Å². The van der Waals surface area contributed by atoms with Crippen molar-refractivity contribution < 1.29 is 9.22 Å². The van der Waals surface area contributed by atoms with Crippen LogP contribution in [0.5, 0.6) is 0 Å². The maximum absolute atomic E-state index is 5.09. The third kappa shape index (κ3) is 2.20. The summed E-state index contributed by atoms with van der Waals surface area (Å²) in [6.45, 7) is 0. The maximum atomic E-state index is 5.09. The van der Waals surface area contributed by atoms with Gasteiger partial charge < -0.3 is 4.57 Å². The summed E-state index contributed by atoms with van der Waals surface area (Å²) in [6.07, 6.45) is 2.11. The van der Waals surface area contributed by atoms with Gasteiger partial charge >= 0.3 is 0 Å². The van der Waals surface area contributed by atoms with Crippen LogP contribution in [0.25, 0.3) is 10.9 Å². The van der Waals surface area contributed by atoms with E-state index < -0.39 is 12.0 Å². The van der Waals surface area contributed by atoms with E-state index in [1.54, 1.807) is 7.11 Å². The zero-order valence-corrected chi connectivity index (χ0v) is 11.7. The van der Waals surface area contributed by atoms with Crippen molar-refractivity contribution in [1.82, 2.24) is 4.57 Å². The largest absolute Gasteiger partial charge is 0.349 e. The lowest BCUT2D eigenvalue weighted by atomic mass is 10.2. The van der Waals surface area contributed by atoms with Crippen molar-refractivity contribution in [3.8, 4) is 0 Å². The Labute approximate surface area is 101 Å². The molecule has 0 unspecified atom stereocenters. The van der Waals surface area contributed by atoms with Gasteiger partial charge in [0.1, 0.15) is 0 Å². The monoisotopic (exact) mass is 291 g/mol. The third-order valence-corrected chi connectivity index (χ3v) is 4.09. The van der Waals surface area contributed by atoms with E-state index >= 15 is 0 Å². The highest BCUT2D eigenvalue weighted by molar-refractivity contribution is 9.10. The zero-order chi connectivity index (χ0) is 10.8. The number of rotatable bonds is 3. The molecule has 0 bridgehead atoms. The highest BCUT2D eigenvalue weighted by Crippen LogP contribution is 2.31. The van der Waals surface area contributed by atoms with Crippen LogP contribution in [0.3, 0.4) is 0 Å². The van der Waals surface area contributed by atoms with Crippen molar-refractivity contribution in [1.29, 1.82) is 0 Å². The molecule has 2 rings (SSSR count). The molecule has 5 heteroatoms. The molecule has 1 aromatic carbocycles. The van der Waals surface area contributed by atoms with E-state index in [1.807, 2.05) is 13.1 Å². The van der Waals surface area contributed by atoms with Gasteiger partial charge in [0.05, 0.1) is 7.11 Å². The molecule has 15 heavy (non-hydrogen) atoms. The topological polar surface area (TPSA) is 23.4 Å². The molecule has 2 aromatic rings. The molecule has 0 spiro atoms. The number of aromatic nitrogens is 1. The van der Waals surface area contributed by atoms with Crippen molar-refractivity contribution in [2.24, 2.45) is 7.05 Å². The number of hydrogen-bond acceptors (Lipinski definition) is 2. The molecule has 1 heterocycles. The van der Waals surface area contributed by atoms with Gasteiger partial charge in [-0.2, -0.15) is 12.0 Å². The van der Waals surface area contributed by atoms with Gasteiger partial charge in [-0.1, -0.05) is 15.9 Å². The molecule has 0 N–H and O–H groups in total. The molecule has 0 atom stereocenters. The van der Waals surface area contributed by atoms with Gasteiger partial charge in [0.15, 0.2) is 0 Å². The highest BCUT2D eigenvalue weighted by atomic mass is 79.9. The summed E-state index contributed by atoms with van der Waals surface area (Å²) < 4.78 is 8.30. The normalized spacial score (nSPS) is 11.4. The van der Waals surface area contributed by atoms with E-state index in [4.69, 9.17) is 4.33 Å². The van der Waals surface area contributed by atoms with E-state index in [-0.39, 0.29) is 0 Å². The third-order valence-electron chi connectivity index (χ3n) is 2.37. The number of halogens is 1. The first kappa shape index (κ1) is 11.0. The SMILES string of the molecule is COO[SH4]c1cn(C)c2ccc(Br)cc12. The highest BCUT2D eigenvalue weighted by Gasteiger charge is 2.05. The van der Waals surface area contributed by atoms with Crippen LogP contribution in [-0.4, -0.2) is 11.7 Å². The summed E-state index contributed by atoms with van der Waals surface area (Å²) in [5.41, 5.74) is 1.22. The molecule has 0 amide bonds. The van der Waals surface area contributed by atoms with E-state index in [9.17, 15) is 0 Å². The second-order valence-corrected chi connectivity index (χ2v) is 5.56. The number of hydrogen-bond donors (Lipinski definition) is 0. The Morgan fingerprint density at radius 2 is 2.20 bits per heavy atom. The fourth-order valence-electron chi connectivity index (χ4n) is 1.68. The zero-order valence-electron chi connectivity index (χ0n) is 8.66. The van der Waals surface area contributed by atoms with E-state index in [0.717, 1.165) is 4.47 Å². The fraction of sp³-hybridized carbons (Fsp3) is 0.200. The molecule has 1 aromatic heterocycles. The fourth-order valence-corrected chi connectivity index (χ4v) is 3.08. The molecule has 0 fully saturated rings. The molecule has 0 aliphatic heterocycles. The van der Waals surface area contributed by atoms with Gasteiger partial charge in [-0.3, -0.25) is 0 Å². The van der Waals surface area contributed by atoms with Crippen molar-refractivity contribution in [3.05, 3.63) is 28.9 Å². The second-order valence-electron chi connectivity index (χ2n) is 3.36. The van der Waals surface area contributed by atoms with Gasteiger partial charge in [0.2, 0.25) is 0 Å². The number of fused-ring (bicyclic) bond motifs is 1. The average Bonchev–Trinajstić information content (AvgIpc) is 2.52. The standard InChI is InChI=1S/C10H14BrNO2S/c1-12-6-10(15-14-13-2)8-5-7(11)3-4-9(8)12/h3-6H,1-2H3,15H4. The Hall–Kier alpha value is -0.490. The Balaban J connectivity index is 2.49. The van der Waals surface area contributed by atoms with E-state index in [1.165, 1.54) is 15.8 Å². The minimum Gasteiger partial charge on any atom is -0.349 e. The summed E-state index contributed by atoms with van der Waals surface area (Å²) in [5.74, 6) is 0. The predicted molar refractivity (Wildman–Crippen MR) is 70.2 cm³/mol.